The Morgan fingerprint density at radius 1 is 1.13 bits per heavy atom. The SMILES string of the molecule is CCOc1ccccc1C(=O)Nc1nc2ccccc2n1CC. The molecule has 0 bridgehead atoms. The predicted molar refractivity (Wildman–Crippen MR) is 91.0 cm³/mol. The van der Waals surface area contributed by atoms with Crippen LogP contribution < -0.4 is 10.1 Å². The highest BCUT2D eigenvalue weighted by atomic mass is 16.5. The van der Waals surface area contributed by atoms with Crippen molar-refractivity contribution < 1.29 is 9.53 Å². The molecule has 0 unspecified atom stereocenters. The normalized spacial score (nSPS) is 10.7. The van der Waals surface area contributed by atoms with E-state index in [9.17, 15) is 4.79 Å². The van der Waals surface area contributed by atoms with Crippen molar-refractivity contribution in [3.05, 3.63) is 54.1 Å². The van der Waals surface area contributed by atoms with Crippen molar-refractivity contribution in [1.29, 1.82) is 0 Å². The third-order valence-corrected chi connectivity index (χ3v) is 3.63. The Balaban J connectivity index is 1.94. The molecule has 2 aromatic carbocycles. The molecule has 1 heterocycles. The fraction of sp³-hybridized carbons (Fsp3) is 0.222. The number of hydrogen-bond acceptors (Lipinski definition) is 3. The van der Waals surface area contributed by atoms with Gasteiger partial charge in [0.25, 0.3) is 5.91 Å². The molecule has 1 N–H and O–H groups in total. The van der Waals surface area contributed by atoms with E-state index in [0.717, 1.165) is 17.6 Å². The summed E-state index contributed by atoms with van der Waals surface area (Å²) in [7, 11) is 0. The minimum absolute atomic E-state index is 0.223. The van der Waals surface area contributed by atoms with Crippen LogP contribution in [0.5, 0.6) is 5.75 Å². The van der Waals surface area contributed by atoms with E-state index < -0.39 is 0 Å². The number of fused-ring (bicyclic) bond motifs is 1. The van der Waals surface area contributed by atoms with E-state index in [1.54, 1.807) is 12.1 Å². The van der Waals surface area contributed by atoms with Crippen molar-refractivity contribution in [3.63, 3.8) is 0 Å². The first-order valence-electron chi connectivity index (χ1n) is 7.73. The highest BCUT2D eigenvalue weighted by Crippen LogP contribution is 2.22. The average molecular weight is 309 g/mol. The van der Waals surface area contributed by atoms with Gasteiger partial charge in [-0.3, -0.25) is 10.1 Å². The van der Waals surface area contributed by atoms with E-state index in [2.05, 4.69) is 10.3 Å². The largest absolute Gasteiger partial charge is 0.493 e. The first kappa shape index (κ1) is 15.1. The van der Waals surface area contributed by atoms with Crippen LogP contribution in [0.2, 0.25) is 0 Å². The molecular weight excluding hydrogens is 290 g/mol. The van der Waals surface area contributed by atoms with Crippen LogP contribution in [0.1, 0.15) is 24.2 Å². The summed E-state index contributed by atoms with van der Waals surface area (Å²) in [6, 6.07) is 15.0. The number of benzene rings is 2. The van der Waals surface area contributed by atoms with Crippen LogP contribution in [0, 0.1) is 0 Å². The molecule has 0 saturated heterocycles. The second kappa shape index (κ2) is 6.52. The highest BCUT2D eigenvalue weighted by Gasteiger charge is 2.16. The number of para-hydroxylation sites is 3. The summed E-state index contributed by atoms with van der Waals surface area (Å²) < 4.78 is 7.51. The lowest BCUT2D eigenvalue weighted by Crippen LogP contribution is -2.17. The van der Waals surface area contributed by atoms with E-state index >= 15 is 0 Å². The van der Waals surface area contributed by atoms with Gasteiger partial charge in [0.05, 0.1) is 23.2 Å². The van der Waals surface area contributed by atoms with Crippen LogP contribution in [-0.2, 0) is 6.54 Å². The van der Waals surface area contributed by atoms with Crippen LogP contribution in [0.25, 0.3) is 11.0 Å². The fourth-order valence-electron chi connectivity index (χ4n) is 2.60. The van der Waals surface area contributed by atoms with Crippen molar-refractivity contribution in [2.24, 2.45) is 0 Å². The molecule has 0 radical (unpaired) electrons. The Kier molecular flexibility index (Phi) is 4.28. The Bertz CT molecular complexity index is 839. The smallest absolute Gasteiger partial charge is 0.261 e. The molecule has 0 aliphatic carbocycles. The highest BCUT2D eigenvalue weighted by molar-refractivity contribution is 6.06. The van der Waals surface area contributed by atoms with Gasteiger partial charge in [-0.25, -0.2) is 4.98 Å². The fourth-order valence-corrected chi connectivity index (χ4v) is 2.60. The van der Waals surface area contributed by atoms with Crippen LogP contribution in [0.15, 0.2) is 48.5 Å². The summed E-state index contributed by atoms with van der Waals surface area (Å²) in [4.78, 5) is 17.1. The van der Waals surface area contributed by atoms with Crippen LogP contribution >= 0.6 is 0 Å². The molecule has 0 saturated carbocycles. The van der Waals surface area contributed by atoms with Gasteiger partial charge in [0.1, 0.15) is 5.75 Å². The maximum Gasteiger partial charge on any atom is 0.261 e. The third kappa shape index (κ3) is 2.90. The van der Waals surface area contributed by atoms with Crippen molar-refractivity contribution >= 4 is 22.9 Å². The number of nitrogens with zero attached hydrogens (tertiary/aromatic N) is 2. The van der Waals surface area contributed by atoms with E-state index in [0.29, 0.717) is 23.9 Å². The van der Waals surface area contributed by atoms with Crippen molar-refractivity contribution in [3.8, 4) is 5.75 Å². The number of rotatable bonds is 5. The zero-order valence-electron chi connectivity index (χ0n) is 13.2. The van der Waals surface area contributed by atoms with Crippen LogP contribution in [-0.4, -0.2) is 22.1 Å². The number of carbonyl (C=O) groups is 1. The molecule has 118 valence electrons. The summed E-state index contributed by atoms with van der Waals surface area (Å²) in [5, 5.41) is 2.90. The van der Waals surface area contributed by atoms with Gasteiger partial charge in [-0.2, -0.15) is 0 Å². The number of amides is 1. The quantitative estimate of drug-likeness (QED) is 0.781. The van der Waals surface area contributed by atoms with Gasteiger partial charge >= 0.3 is 0 Å². The van der Waals surface area contributed by atoms with Crippen LogP contribution in [0.4, 0.5) is 5.95 Å². The molecule has 0 fully saturated rings. The summed E-state index contributed by atoms with van der Waals surface area (Å²) >= 11 is 0. The summed E-state index contributed by atoms with van der Waals surface area (Å²) in [6.07, 6.45) is 0. The standard InChI is InChI=1S/C18H19N3O2/c1-3-21-15-11-7-6-10-14(15)19-18(21)20-17(22)13-9-5-8-12-16(13)23-4-2/h5-12H,3-4H2,1-2H3,(H,19,20,22). The van der Waals surface area contributed by atoms with Gasteiger partial charge < -0.3 is 9.30 Å². The topological polar surface area (TPSA) is 56.1 Å². The lowest BCUT2D eigenvalue weighted by atomic mass is 10.2. The second-order valence-corrected chi connectivity index (χ2v) is 5.05. The van der Waals surface area contributed by atoms with Gasteiger partial charge in [0.15, 0.2) is 0 Å². The molecule has 0 atom stereocenters. The Labute approximate surface area is 134 Å². The van der Waals surface area contributed by atoms with Gasteiger partial charge in [0.2, 0.25) is 5.95 Å². The number of anilines is 1. The van der Waals surface area contributed by atoms with Crippen molar-refractivity contribution in [2.45, 2.75) is 20.4 Å². The second-order valence-electron chi connectivity index (χ2n) is 5.05. The molecule has 1 aromatic heterocycles. The molecule has 0 spiro atoms. The first-order valence-corrected chi connectivity index (χ1v) is 7.73. The molecule has 1 amide bonds. The molecular formula is C18H19N3O2. The third-order valence-electron chi connectivity index (χ3n) is 3.63. The number of aryl methyl sites for hydroxylation is 1. The molecule has 3 aromatic rings. The van der Waals surface area contributed by atoms with Gasteiger partial charge in [0, 0.05) is 6.54 Å². The number of aromatic nitrogens is 2. The van der Waals surface area contributed by atoms with E-state index in [1.807, 2.05) is 54.8 Å². The van der Waals surface area contributed by atoms with E-state index in [4.69, 9.17) is 4.74 Å². The Hall–Kier alpha value is -2.82. The van der Waals surface area contributed by atoms with E-state index in [1.165, 1.54) is 0 Å². The Morgan fingerprint density at radius 2 is 1.87 bits per heavy atom. The number of carbonyl (C=O) groups excluding carboxylic acids is 1. The summed E-state index contributed by atoms with van der Waals surface area (Å²) in [5.74, 6) is 0.899. The number of hydrogen-bond donors (Lipinski definition) is 1. The lowest BCUT2D eigenvalue weighted by Gasteiger charge is -2.11. The number of imidazole rings is 1. The minimum atomic E-state index is -0.223. The first-order chi connectivity index (χ1) is 11.2. The van der Waals surface area contributed by atoms with Gasteiger partial charge in [-0.15, -0.1) is 0 Å². The molecule has 5 heteroatoms. The number of ether oxygens (including phenoxy) is 1. The zero-order valence-corrected chi connectivity index (χ0v) is 13.2. The predicted octanol–water partition coefficient (Wildman–Crippen LogP) is 3.71. The maximum absolute atomic E-state index is 12.6. The molecule has 3 rings (SSSR count). The molecule has 0 aliphatic heterocycles. The summed E-state index contributed by atoms with van der Waals surface area (Å²) in [5.41, 5.74) is 2.37. The maximum atomic E-state index is 12.6. The molecule has 5 nitrogen and oxygen atoms in total. The van der Waals surface area contributed by atoms with Gasteiger partial charge in [-0.1, -0.05) is 24.3 Å². The Morgan fingerprint density at radius 3 is 2.65 bits per heavy atom. The summed E-state index contributed by atoms with van der Waals surface area (Å²) in [6.45, 7) is 5.16. The van der Waals surface area contributed by atoms with E-state index in [-0.39, 0.29) is 5.91 Å². The monoisotopic (exact) mass is 309 g/mol. The molecule has 23 heavy (non-hydrogen) atoms. The zero-order chi connectivity index (χ0) is 16.2. The van der Waals surface area contributed by atoms with Crippen molar-refractivity contribution in [1.82, 2.24) is 9.55 Å². The number of nitrogens with one attached hydrogen (secondary N) is 1. The molecule has 0 aliphatic rings. The van der Waals surface area contributed by atoms with Crippen LogP contribution in [0.3, 0.4) is 0 Å². The van der Waals surface area contributed by atoms with Gasteiger partial charge in [-0.05, 0) is 38.1 Å². The lowest BCUT2D eigenvalue weighted by molar-refractivity contribution is 0.102. The average Bonchev–Trinajstić information content (AvgIpc) is 2.92. The van der Waals surface area contributed by atoms with Crippen molar-refractivity contribution in [2.75, 3.05) is 11.9 Å². The minimum Gasteiger partial charge on any atom is -0.493 e.